The van der Waals surface area contributed by atoms with Crippen LogP contribution in [0.15, 0.2) is 0 Å². The monoisotopic (exact) mass is 218 g/mol. The number of rotatable bonds is 2. The van der Waals surface area contributed by atoms with E-state index in [0.717, 1.165) is 13.8 Å². The summed E-state index contributed by atoms with van der Waals surface area (Å²) in [5.41, 5.74) is -1.85. The maximum atomic E-state index is 11.3. The Labute approximate surface area is 82.3 Å². The first-order chi connectivity index (χ1) is 6.71. The van der Waals surface area contributed by atoms with Crippen LogP contribution >= 0.6 is 0 Å². The predicted octanol–water partition coefficient (Wildman–Crippen LogP) is -0.587. The Morgan fingerprint density at radius 1 is 1.13 bits per heavy atom. The average molecular weight is 218 g/mol. The Morgan fingerprint density at radius 3 is 1.80 bits per heavy atom. The molecule has 0 saturated carbocycles. The highest BCUT2D eigenvalue weighted by Crippen LogP contribution is 2.27. The number of hydrazine groups is 2. The zero-order chi connectivity index (χ0) is 12.0. The lowest BCUT2D eigenvalue weighted by Crippen LogP contribution is -2.47. The molecule has 0 unspecified atom stereocenters. The standard InChI is InChI=1S/C5H6N4O6/c1-5(2)3(10)6(8(12)13)4(11)7(5)9(14)15/h1-2H3. The highest BCUT2D eigenvalue weighted by atomic mass is 16.7. The van der Waals surface area contributed by atoms with E-state index in [1.807, 2.05) is 0 Å². The highest BCUT2D eigenvalue weighted by molar-refractivity contribution is 6.04. The SMILES string of the molecule is CC1(C)C(=O)N([N+](=O)[O-])C(=O)N1[N+](=O)[O-]. The smallest absolute Gasteiger partial charge is 0.265 e. The molecule has 10 heteroatoms. The normalized spacial score (nSPS) is 19.6. The first kappa shape index (κ1) is 10.8. The van der Waals surface area contributed by atoms with Crippen molar-refractivity contribution in [3.8, 4) is 0 Å². The van der Waals surface area contributed by atoms with Crippen LogP contribution in [0.2, 0.25) is 0 Å². The van der Waals surface area contributed by atoms with Gasteiger partial charge < -0.3 is 0 Å². The molecule has 1 fully saturated rings. The zero-order valence-electron chi connectivity index (χ0n) is 7.74. The van der Waals surface area contributed by atoms with Crippen molar-refractivity contribution in [3.63, 3.8) is 0 Å². The third kappa shape index (κ3) is 1.26. The van der Waals surface area contributed by atoms with Crippen LogP contribution in [0.5, 0.6) is 0 Å². The molecule has 0 aromatic rings. The number of hydrogen-bond acceptors (Lipinski definition) is 6. The lowest BCUT2D eigenvalue weighted by molar-refractivity contribution is -0.652. The Bertz CT molecular complexity index is 376. The van der Waals surface area contributed by atoms with Gasteiger partial charge in [-0.2, -0.15) is 0 Å². The summed E-state index contributed by atoms with van der Waals surface area (Å²) < 4.78 is 0. The molecule has 0 N–H and O–H groups in total. The number of urea groups is 1. The second-order valence-corrected chi connectivity index (χ2v) is 3.25. The van der Waals surface area contributed by atoms with E-state index in [0.29, 0.717) is 0 Å². The van der Waals surface area contributed by atoms with Crippen molar-refractivity contribution in [2.75, 3.05) is 0 Å². The molecule has 1 aliphatic heterocycles. The summed E-state index contributed by atoms with van der Waals surface area (Å²) >= 11 is 0. The lowest BCUT2D eigenvalue weighted by Gasteiger charge is -2.15. The molecule has 0 aromatic heterocycles. The highest BCUT2D eigenvalue weighted by Gasteiger charge is 2.64. The molecular formula is C5H6N4O6. The van der Waals surface area contributed by atoms with Gasteiger partial charge in [-0.3, -0.25) is 4.79 Å². The minimum Gasteiger partial charge on any atom is -0.265 e. The third-order valence-corrected chi connectivity index (χ3v) is 1.93. The molecule has 1 aliphatic rings. The first-order valence-corrected chi connectivity index (χ1v) is 3.68. The van der Waals surface area contributed by atoms with Crippen molar-refractivity contribution in [2.45, 2.75) is 19.4 Å². The Hall–Kier alpha value is -2.26. The molecule has 82 valence electrons. The largest absolute Gasteiger partial charge is 0.445 e. The van der Waals surface area contributed by atoms with Crippen molar-refractivity contribution in [3.05, 3.63) is 20.2 Å². The molecule has 10 nitrogen and oxygen atoms in total. The molecule has 15 heavy (non-hydrogen) atoms. The number of hydrogen-bond donors (Lipinski definition) is 0. The van der Waals surface area contributed by atoms with Crippen LogP contribution in [0.25, 0.3) is 0 Å². The van der Waals surface area contributed by atoms with Gasteiger partial charge in [0.1, 0.15) is 0 Å². The van der Waals surface area contributed by atoms with Crippen LogP contribution in [-0.2, 0) is 4.79 Å². The fourth-order valence-electron chi connectivity index (χ4n) is 1.18. The van der Waals surface area contributed by atoms with E-state index >= 15 is 0 Å². The minimum atomic E-state index is -1.85. The van der Waals surface area contributed by atoms with Gasteiger partial charge in [-0.15, -0.1) is 0 Å². The van der Waals surface area contributed by atoms with Crippen LogP contribution in [0.3, 0.4) is 0 Å². The average Bonchev–Trinajstić information content (AvgIpc) is 2.17. The van der Waals surface area contributed by atoms with Gasteiger partial charge in [-0.1, -0.05) is 0 Å². The molecule has 0 aliphatic carbocycles. The molecule has 0 radical (unpaired) electrons. The molecule has 0 atom stereocenters. The summed E-state index contributed by atoms with van der Waals surface area (Å²) in [7, 11) is 0. The predicted molar refractivity (Wildman–Crippen MR) is 42.1 cm³/mol. The summed E-state index contributed by atoms with van der Waals surface area (Å²) in [4.78, 5) is 43.2. The second kappa shape index (κ2) is 2.87. The van der Waals surface area contributed by atoms with Gasteiger partial charge in [0.15, 0.2) is 15.6 Å². The molecule has 0 spiro atoms. The summed E-state index contributed by atoms with van der Waals surface area (Å²) in [6, 6.07) is -1.57. The van der Waals surface area contributed by atoms with Gasteiger partial charge in [0.25, 0.3) is 0 Å². The maximum absolute atomic E-state index is 11.3. The maximum Gasteiger partial charge on any atom is 0.445 e. The van der Waals surface area contributed by atoms with Crippen molar-refractivity contribution in [1.82, 2.24) is 10.0 Å². The van der Waals surface area contributed by atoms with E-state index in [1.54, 1.807) is 0 Å². The van der Waals surface area contributed by atoms with Crippen molar-refractivity contribution < 1.29 is 19.7 Å². The number of carbonyl (C=O) groups excluding carboxylic acids is 2. The van der Waals surface area contributed by atoms with E-state index < -0.39 is 27.5 Å². The van der Waals surface area contributed by atoms with Crippen LogP contribution < -0.4 is 0 Å². The summed E-state index contributed by atoms with van der Waals surface area (Å²) in [6.07, 6.45) is 0. The van der Waals surface area contributed by atoms with Gasteiger partial charge in [-0.25, -0.2) is 25.0 Å². The van der Waals surface area contributed by atoms with Gasteiger partial charge in [0, 0.05) is 5.01 Å². The van der Waals surface area contributed by atoms with Gasteiger partial charge >= 0.3 is 11.9 Å². The van der Waals surface area contributed by atoms with E-state index in [4.69, 9.17) is 0 Å². The summed E-state index contributed by atoms with van der Waals surface area (Å²) in [5.74, 6) is -1.24. The van der Waals surface area contributed by atoms with E-state index in [9.17, 15) is 29.8 Å². The molecule has 1 heterocycles. The van der Waals surface area contributed by atoms with E-state index in [1.165, 1.54) is 0 Å². The second-order valence-electron chi connectivity index (χ2n) is 3.25. The third-order valence-electron chi connectivity index (χ3n) is 1.93. The van der Waals surface area contributed by atoms with Crippen LogP contribution in [0, 0.1) is 20.2 Å². The quantitative estimate of drug-likeness (QED) is 0.346. The number of imide groups is 1. The summed E-state index contributed by atoms with van der Waals surface area (Å²) in [6.45, 7) is 2.11. The van der Waals surface area contributed by atoms with Crippen LogP contribution in [-0.4, -0.2) is 37.6 Å². The molecule has 3 amide bonds. The van der Waals surface area contributed by atoms with Gasteiger partial charge in [0.2, 0.25) is 0 Å². The van der Waals surface area contributed by atoms with Crippen molar-refractivity contribution in [2.24, 2.45) is 0 Å². The Balaban J connectivity index is 3.26. The lowest BCUT2D eigenvalue weighted by atomic mass is 10.1. The van der Waals surface area contributed by atoms with Gasteiger partial charge in [0.05, 0.1) is 0 Å². The minimum absolute atomic E-state index is 0.0713. The van der Waals surface area contributed by atoms with Crippen LogP contribution in [0.1, 0.15) is 13.8 Å². The molecule has 0 aromatic carbocycles. The Morgan fingerprint density at radius 2 is 1.60 bits per heavy atom. The first-order valence-electron chi connectivity index (χ1n) is 3.68. The van der Waals surface area contributed by atoms with Crippen molar-refractivity contribution >= 4 is 11.9 Å². The Kier molecular flexibility index (Phi) is 2.07. The van der Waals surface area contributed by atoms with Gasteiger partial charge in [-0.05, 0) is 18.9 Å². The number of carbonyl (C=O) groups is 2. The molecule has 1 rings (SSSR count). The zero-order valence-corrected chi connectivity index (χ0v) is 7.74. The number of nitrogens with zero attached hydrogens (tertiary/aromatic N) is 4. The topological polar surface area (TPSA) is 127 Å². The van der Waals surface area contributed by atoms with Crippen molar-refractivity contribution in [1.29, 1.82) is 0 Å². The fourth-order valence-corrected chi connectivity index (χ4v) is 1.18. The number of amides is 3. The van der Waals surface area contributed by atoms with E-state index in [-0.39, 0.29) is 10.0 Å². The van der Waals surface area contributed by atoms with Crippen LogP contribution in [0.4, 0.5) is 4.79 Å². The fraction of sp³-hybridized carbons (Fsp3) is 0.600. The molecule has 0 bridgehead atoms. The van der Waals surface area contributed by atoms with E-state index in [2.05, 4.69) is 0 Å². The number of nitro groups is 2. The molecule has 1 saturated heterocycles. The molecular weight excluding hydrogens is 212 g/mol. The summed E-state index contributed by atoms with van der Waals surface area (Å²) in [5, 5.41) is 17.9.